The summed E-state index contributed by atoms with van der Waals surface area (Å²) in [6.07, 6.45) is 3.06. The molecule has 0 fully saturated rings. The van der Waals surface area contributed by atoms with Crippen LogP contribution in [-0.4, -0.2) is 28.0 Å². The third-order valence-corrected chi connectivity index (χ3v) is 2.47. The maximum Gasteiger partial charge on any atom is 0.254 e. The molecule has 92 valence electrons. The molecule has 0 aliphatic heterocycles. The lowest BCUT2D eigenvalue weighted by molar-refractivity contribution is 0.0904. The van der Waals surface area contributed by atoms with Crippen LogP contribution in [0.4, 0.5) is 0 Å². The summed E-state index contributed by atoms with van der Waals surface area (Å²) in [5.74, 6) is -0.416. The minimum atomic E-state index is -0.299. The number of carbonyl (C=O) groups excluding carboxylic acids is 2. The van der Waals surface area contributed by atoms with Crippen LogP contribution in [0.5, 0.6) is 0 Å². The molecule has 0 unspecified atom stereocenters. The van der Waals surface area contributed by atoms with Gasteiger partial charge >= 0.3 is 0 Å². The van der Waals surface area contributed by atoms with Crippen LogP contribution in [0.2, 0.25) is 0 Å². The molecule has 0 atom stereocenters. The second-order valence-corrected chi connectivity index (χ2v) is 3.87. The van der Waals surface area contributed by atoms with Crippen molar-refractivity contribution in [2.45, 2.75) is 0 Å². The number of ketones is 1. The molecule has 2 rings (SSSR count). The lowest BCUT2D eigenvalue weighted by Gasteiger charge is -2.02. The number of amides is 1. The molecule has 1 heterocycles. The van der Waals surface area contributed by atoms with Crippen LogP contribution in [-0.2, 0) is 7.05 Å². The van der Waals surface area contributed by atoms with Gasteiger partial charge in [0.25, 0.3) is 5.91 Å². The van der Waals surface area contributed by atoms with Crippen molar-refractivity contribution in [2.75, 3.05) is 6.54 Å². The van der Waals surface area contributed by atoms with Gasteiger partial charge in [-0.3, -0.25) is 14.3 Å². The van der Waals surface area contributed by atoms with E-state index in [4.69, 9.17) is 0 Å². The molecule has 0 aliphatic carbocycles. The first-order valence-electron chi connectivity index (χ1n) is 5.52. The fraction of sp³-hybridized carbons (Fsp3) is 0.154. The van der Waals surface area contributed by atoms with E-state index in [1.165, 1.54) is 10.9 Å². The Labute approximate surface area is 104 Å². The third-order valence-electron chi connectivity index (χ3n) is 2.47. The van der Waals surface area contributed by atoms with Crippen LogP contribution >= 0.6 is 0 Å². The van der Waals surface area contributed by atoms with Gasteiger partial charge < -0.3 is 5.32 Å². The molecule has 0 spiro atoms. The molecule has 0 aliphatic rings. The maximum atomic E-state index is 11.8. The standard InChI is InChI=1S/C13H13N3O2/c1-16-9-11(7-15-16)13(18)14-8-12(17)10-5-3-2-4-6-10/h2-7,9H,8H2,1H3,(H,14,18). The molecule has 0 bridgehead atoms. The molecule has 1 aromatic carbocycles. The Morgan fingerprint density at radius 1 is 1.22 bits per heavy atom. The molecule has 1 aromatic heterocycles. The van der Waals surface area contributed by atoms with Crippen LogP contribution in [0.15, 0.2) is 42.7 Å². The lowest BCUT2D eigenvalue weighted by atomic mass is 10.1. The number of nitrogens with one attached hydrogen (secondary N) is 1. The SMILES string of the molecule is Cn1cc(C(=O)NCC(=O)c2ccccc2)cn1. The van der Waals surface area contributed by atoms with E-state index in [-0.39, 0.29) is 18.2 Å². The molecule has 18 heavy (non-hydrogen) atoms. The second kappa shape index (κ2) is 5.27. The van der Waals surface area contributed by atoms with Crippen molar-refractivity contribution in [3.8, 4) is 0 Å². The Morgan fingerprint density at radius 2 is 1.94 bits per heavy atom. The summed E-state index contributed by atoms with van der Waals surface area (Å²) in [5, 5.41) is 6.46. The van der Waals surface area contributed by atoms with Crippen LogP contribution in [0.3, 0.4) is 0 Å². The molecule has 1 amide bonds. The van der Waals surface area contributed by atoms with E-state index >= 15 is 0 Å². The Bertz CT molecular complexity index is 561. The number of carbonyl (C=O) groups is 2. The van der Waals surface area contributed by atoms with Gasteiger partial charge in [0.05, 0.1) is 18.3 Å². The van der Waals surface area contributed by atoms with Gasteiger partial charge in [-0.1, -0.05) is 30.3 Å². The lowest BCUT2D eigenvalue weighted by Crippen LogP contribution is -2.29. The topological polar surface area (TPSA) is 64.0 Å². The molecule has 2 aromatic rings. The van der Waals surface area contributed by atoms with Crippen molar-refractivity contribution < 1.29 is 9.59 Å². The van der Waals surface area contributed by atoms with Crippen molar-refractivity contribution in [3.05, 3.63) is 53.9 Å². The number of hydrogen-bond donors (Lipinski definition) is 1. The first-order chi connectivity index (χ1) is 8.66. The third kappa shape index (κ3) is 2.82. The minimum absolute atomic E-state index is 0.0161. The van der Waals surface area contributed by atoms with Crippen molar-refractivity contribution in [1.29, 1.82) is 0 Å². The predicted octanol–water partition coefficient (Wildman–Crippen LogP) is 1.03. The molecule has 0 radical (unpaired) electrons. The maximum absolute atomic E-state index is 11.8. The van der Waals surface area contributed by atoms with E-state index in [2.05, 4.69) is 10.4 Å². The highest BCUT2D eigenvalue weighted by molar-refractivity contribution is 6.01. The number of rotatable bonds is 4. The first kappa shape index (κ1) is 12.0. The van der Waals surface area contributed by atoms with Gasteiger partial charge in [0.15, 0.2) is 5.78 Å². The van der Waals surface area contributed by atoms with Gasteiger partial charge in [-0.05, 0) is 0 Å². The highest BCUT2D eigenvalue weighted by Crippen LogP contribution is 2.00. The van der Waals surface area contributed by atoms with Crippen LogP contribution < -0.4 is 5.32 Å². The highest BCUT2D eigenvalue weighted by atomic mass is 16.2. The number of benzene rings is 1. The number of Topliss-reactive ketones (excluding diaryl/α,β-unsaturated/α-hetero) is 1. The number of nitrogens with zero attached hydrogens (tertiary/aromatic N) is 2. The van der Waals surface area contributed by atoms with E-state index in [0.717, 1.165) is 0 Å². The zero-order chi connectivity index (χ0) is 13.0. The summed E-state index contributed by atoms with van der Waals surface area (Å²) in [5.41, 5.74) is 1.03. The van der Waals surface area contributed by atoms with Crippen molar-refractivity contribution in [2.24, 2.45) is 7.05 Å². The quantitative estimate of drug-likeness (QED) is 0.816. The van der Waals surface area contributed by atoms with Crippen molar-refractivity contribution in [3.63, 3.8) is 0 Å². The monoisotopic (exact) mass is 243 g/mol. The van der Waals surface area contributed by atoms with Crippen LogP contribution in [0.1, 0.15) is 20.7 Å². The zero-order valence-electron chi connectivity index (χ0n) is 9.96. The fourth-order valence-corrected chi connectivity index (χ4v) is 1.53. The van der Waals surface area contributed by atoms with Crippen LogP contribution in [0, 0.1) is 0 Å². The van der Waals surface area contributed by atoms with Gasteiger partial charge in [0.2, 0.25) is 0 Å². The Hall–Kier alpha value is -2.43. The van der Waals surface area contributed by atoms with E-state index in [1.807, 2.05) is 6.07 Å². The average molecular weight is 243 g/mol. The van der Waals surface area contributed by atoms with Crippen LogP contribution in [0.25, 0.3) is 0 Å². The normalized spacial score (nSPS) is 10.1. The summed E-state index contributed by atoms with van der Waals surface area (Å²) in [4.78, 5) is 23.4. The molecule has 5 heteroatoms. The van der Waals surface area contributed by atoms with Gasteiger partial charge in [-0.2, -0.15) is 5.10 Å². The average Bonchev–Trinajstić information content (AvgIpc) is 2.83. The summed E-state index contributed by atoms with van der Waals surface area (Å²) in [6, 6.07) is 8.86. The van der Waals surface area contributed by atoms with E-state index in [1.54, 1.807) is 37.5 Å². The van der Waals surface area contributed by atoms with Crippen molar-refractivity contribution >= 4 is 11.7 Å². The number of hydrogen-bond acceptors (Lipinski definition) is 3. The minimum Gasteiger partial charge on any atom is -0.344 e. The second-order valence-electron chi connectivity index (χ2n) is 3.87. The van der Waals surface area contributed by atoms with E-state index < -0.39 is 0 Å². The summed E-state index contributed by atoms with van der Waals surface area (Å²) < 4.78 is 1.54. The molecular formula is C13H13N3O2. The van der Waals surface area contributed by atoms with Gasteiger partial charge in [-0.25, -0.2) is 0 Å². The Morgan fingerprint density at radius 3 is 2.56 bits per heavy atom. The summed E-state index contributed by atoms with van der Waals surface area (Å²) in [7, 11) is 1.73. The Balaban J connectivity index is 1.92. The Kier molecular flexibility index (Phi) is 3.52. The molecular weight excluding hydrogens is 230 g/mol. The smallest absolute Gasteiger partial charge is 0.254 e. The van der Waals surface area contributed by atoms with Gasteiger partial charge in [0.1, 0.15) is 0 Å². The van der Waals surface area contributed by atoms with Crippen molar-refractivity contribution in [1.82, 2.24) is 15.1 Å². The molecule has 0 saturated heterocycles. The number of aromatic nitrogens is 2. The summed E-state index contributed by atoms with van der Waals surface area (Å²) >= 11 is 0. The van der Waals surface area contributed by atoms with E-state index in [0.29, 0.717) is 11.1 Å². The highest BCUT2D eigenvalue weighted by Gasteiger charge is 2.10. The first-order valence-corrected chi connectivity index (χ1v) is 5.52. The summed E-state index contributed by atoms with van der Waals surface area (Å²) in [6.45, 7) is -0.0161. The fourth-order valence-electron chi connectivity index (χ4n) is 1.53. The molecule has 5 nitrogen and oxygen atoms in total. The predicted molar refractivity (Wildman–Crippen MR) is 66.3 cm³/mol. The zero-order valence-corrected chi connectivity index (χ0v) is 9.96. The van der Waals surface area contributed by atoms with E-state index in [9.17, 15) is 9.59 Å². The largest absolute Gasteiger partial charge is 0.344 e. The molecule has 0 saturated carbocycles. The number of aryl methyl sites for hydroxylation is 1. The van der Waals surface area contributed by atoms with Gasteiger partial charge in [-0.15, -0.1) is 0 Å². The van der Waals surface area contributed by atoms with Gasteiger partial charge in [0, 0.05) is 18.8 Å². The molecule has 1 N–H and O–H groups in total.